The summed E-state index contributed by atoms with van der Waals surface area (Å²) >= 11 is 0. The number of rotatable bonds is 0. The molecule has 6 atom stereocenters. The van der Waals surface area contributed by atoms with Crippen molar-refractivity contribution >= 4 is 0 Å². The van der Waals surface area contributed by atoms with Gasteiger partial charge >= 0.3 is 0 Å². The smallest absolute Gasteiger partial charge is 0.0654 e. The Morgan fingerprint density at radius 1 is 0.684 bits per heavy atom. The molecule has 0 aromatic heterocycles. The second-order valence-corrected chi connectivity index (χ2v) is 7.77. The average molecular weight is 262 g/mol. The van der Waals surface area contributed by atoms with Crippen LogP contribution in [0, 0.1) is 17.8 Å². The minimum atomic E-state index is 0.771. The molecule has 2 aliphatic heterocycles. The molecule has 0 radical (unpaired) electrons. The fourth-order valence-electron chi connectivity index (χ4n) is 6.30. The molecule has 0 amide bonds. The predicted octanol–water partition coefficient (Wildman–Crippen LogP) is 3.33. The number of fused-ring (bicyclic) bond motifs is 4. The monoisotopic (exact) mass is 262 g/mol. The minimum Gasteiger partial charge on any atom is -0.287 e. The Morgan fingerprint density at radius 3 is 2.16 bits per heavy atom. The van der Waals surface area contributed by atoms with Crippen molar-refractivity contribution in [1.82, 2.24) is 9.80 Å². The topological polar surface area (TPSA) is 6.48 Å². The van der Waals surface area contributed by atoms with Crippen molar-refractivity contribution in [1.29, 1.82) is 0 Å². The van der Waals surface area contributed by atoms with Crippen LogP contribution in [0.4, 0.5) is 0 Å². The van der Waals surface area contributed by atoms with Gasteiger partial charge in [0.1, 0.15) is 0 Å². The van der Waals surface area contributed by atoms with Gasteiger partial charge in [0.2, 0.25) is 0 Å². The summed E-state index contributed by atoms with van der Waals surface area (Å²) in [6.45, 7) is 0. The van der Waals surface area contributed by atoms with Crippen LogP contribution in [-0.4, -0.2) is 42.1 Å². The largest absolute Gasteiger partial charge is 0.287 e. The first-order valence-electron chi connectivity index (χ1n) is 8.71. The Morgan fingerprint density at radius 2 is 1.32 bits per heavy atom. The fraction of sp³-hybridized carbons (Fsp3) is 1.00. The van der Waals surface area contributed by atoms with Gasteiger partial charge in [-0.3, -0.25) is 9.80 Å². The van der Waals surface area contributed by atoms with Crippen LogP contribution in [0.3, 0.4) is 0 Å². The second kappa shape index (κ2) is 4.73. The molecule has 4 aliphatic rings. The molecular formula is C17H30N2. The van der Waals surface area contributed by atoms with Gasteiger partial charge in [-0.05, 0) is 64.0 Å². The van der Waals surface area contributed by atoms with Crippen LogP contribution in [0.25, 0.3) is 0 Å². The van der Waals surface area contributed by atoms with Crippen LogP contribution in [0.1, 0.15) is 57.8 Å². The van der Waals surface area contributed by atoms with Crippen molar-refractivity contribution in [2.45, 2.75) is 76.0 Å². The van der Waals surface area contributed by atoms with Crippen molar-refractivity contribution in [2.24, 2.45) is 17.8 Å². The summed E-state index contributed by atoms with van der Waals surface area (Å²) in [6.07, 6.45) is 14.2. The van der Waals surface area contributed by atoms with Gasteiger partial charge in [0, 0.05) is 12.1 Å². The van der Waals surface area contributed by atoms with Crippen molar-refractivity contribution in [3.05, 3.63) is 0 Å². The first-order valence-corrected chi connectivity index (χ1v) is 8.71. The lowest BCUT2D eigenvalue weighted by atomic mass is 9.69. The summed E-state index contributed by atoms with van der Waals surface area (Å²) in [4.78, 5) is 5.58. The third-order valence-corrected chi connectivity index (χ3v) is 7.04. The summed E-state index contributed by atoms with van der Waals surface area (Å²) in [5.41, 5.74) is 0. The van der Waals surface area contributed by atoms with Crippen LogP contribution in [0.5, 0.6) is 0 Å². The Bertz CT molecular complexity index is 340. The Labute approximate surface area is 118 Å². The van der Waals surface area contributed by atoms with E-state index in [1.54, 1.807) is 6.42 Å². The highest BCUT2D eigenvalue weighted by atomic mass is 15.4. The van der Waals surface area contributed by atoms with Crippen LogP contribution < -0.4 is 0 Å². The zero-order chi connectivity index (χ0) is 13.0. The zero-order valence-electron chi connectivity index (χ0n) is 12.7. The SMILES string of the molecule is CN1C2CCCCC2CC2C3CCCCC3N(C)C21. The molecule has 6 unspecified atom stereocenters. The van der Waals surface area contributed by atoms with E-state index in [1.165, 1.54) is 51.4 Å². The Hall–Kier alpha value is -0.0800. The van der Waals surface area contributed by atoms with E-state index in [1.807, 2.05) is 0 Å². The molecule has 0 spiro atoms. The number of hydrogen-bond donors (Lipinski definition) is 0. The van der Waals surface area contributed by atoms with Gasteiger partial charge in [0.15, 0.2) is 0 Å². The van der Waals surface area contributed by atoms with E-state index in [2.05, 4.69) is 23.9 Å². The number of likely N-dealkylation sites (tertiary alicyclic amines) is 2. The van der Waals surface area contributed by atoms with Gasteiger partial charge < -0.3 is 0 Å². The highest BCUT2D eigenvalue weighted by Gasteiger charge is 2.54. The summed E-state index contributed by atoms with van der Waals surface area (Å²) < 4.78 is 0. The van der Waals surface area contributed by atoms with Gasteiger partial charge in [-0.25, -0.2) is 0 Å². The molecule has 0 aromatic rings. The molecule has 2 saturated heterocycles. The van der Waals surface area contributed by atoms with Crippen molar-refractivity contribution in [3.63, 3.8) is 0 Å². The maximum atomic E-state index is 2.80. The molecule has 4 rings (SSSR count). The maximum Gasteiger partial charge on any atom is 0.0654 e. The lowest BCUT2D eigenvalue weighted by Gasteiger charge is -2.50. The number of hydrogen-bond acceptors (Lipinski definition) is 2. The van der Waals surface area contributed by atoms with Crippen molar-refractivity contribution in [3.8, 4) is 0 Å². The van der Waals surface area contributed by atoms with Crippen LogP contribution >= 0.6 is 0 Å². The van der Waals surface area contributed by atoms with Crippen LogP contribution in [0.15, 0.2) is 0 Å². The Kier molecular flexibility index (Phi) is 3.15. The second-order valence-electron chi connectivity index (χ2n) is 7.77. The highest BCUT2D eigenvalue weighted by molar-refractivity contribution is 5.05. The first kappa shape index (κ1) is 12.6. The van der Waals surface area contributed by atoms with E-state index in [0.717, 1.165) is 36.0 Å². The van der Waals surface area contributed by atoms with E-state index in [-0.39, 0.29) is 0 Å². The predicted molar refractivity (Wildman–Crippen MR) is 78.9 cm³/mol. The molecule has 2 aliphatic carbocycles. The Balaban J connectivity index is 1.62. The van der Waals surface area contributed by atoms with Crippen molar-refractivity contribution in [2.75, 3.05) is 14.1 Å². The minimum absolute atomic E-state index is 0.771. The van der Waals surface area contributed by atoms with E-state index >= 15 is 0 Å². The van der Waals surface area contributed by atoms with Crippen LogP contribution in [-0.2, 0) is 0 Å². The third-order valence-electron chi connectivity index (χ3n) is 7.04. The van der Waals surface area contributed by atoms with Gasteiger partial charge in [0.25, 0.3) is 0 Å². The molecule has 2 heterocycles. The number of nitrogens with zero attached hydrogens (tertiary/aromatic N) is 2. The summed E-state index contributed by atoms with van der Waals surface area (Å²) in [6, 6.07) is 1.81. The maximum absolute atomic E-state index is 2.80. The van der Waals surface area contributed by atoms with E-state index in [0.29, 0.717) is 0 Å². The molecule has 2 heteroatoms. The molecular weight excluding hydrogens is 232 g/mol. The molecule has 2 nitrogen and oxygen atoms in total. The molecule has 0 bridgehead atoms. The zero-order valence-corrected chi connectivity index (χ0v) is 12.7. The quantitative estimate of drug-likeness (QED) is 0.661. The summed E-state index contributed by atoms with van der Waals surface area (Å²) in [7, 11) is 4.86. The normalized spacial score (nSPS) is 51.5. The van der Waals surface area contributed by atoms with Gasteiger partial charge in [-0.15, -0.1) is 0 Å². The van der Waals surface area contributed by atoms with Gasteiger partial charge in [-0.1, -0.05) is 25.7 Å². The first-order chi connectivity index (χ1) is 9.27. The lowest BCUT2D eigenvalue weighted by Crippen LogP contribution is -2.57. The third kappa shape index (κ3) is 1.82. The average Bonchev–Trinajstić information content (AvgIpc) is 2.74. The van der Waals surface area contributed by atoms with Gasteiger partial charge in [-0.2, -0.15) is 0 Å². The summed E-state index contributed by atoms with van der Waals surface area (Å²) in [5.74, 6) is 3.03. The molecule has 4 fully saturated rings. The fourth-order valence-corrected chi connectivity index (χ4v) is 6.30. The van der Waals surface area contributed by atoms with E-state index < -0.39 is 0 Å². The molecule has 0 N–H and O–H groups in total. The van der Waals surface area contributed by atoms with Crippen molar-refractivity contribution < 1.29 is 0 Å². The summed E-state index contributed by atoms with van der Waals surface area (Å²) in [5, 5.41) is 0. The molecule has 0 aromatic carbocycles. The number of piperidine rings is 1. The van der Waals surface area contributed by atoms with E-state index in [4.69, 9.17) is 0 Å². The van der Waals surface area contributed by atoms with Crippen LogP contribution in [0.2, 0.25) is 0 Å². The van der Waals surface area contributed by atoms with E-state index in [9.17, 15) is 0 Å². The standard InChI is InChI=1S/C17H30N2/c1-18-15-9-5-3-7-12(15)11-14-13-8-4-6-10-16(13)19(2)17(14)18/h12-17H,3-11H2,1-2H3. The lowest BCUT2D eigenvalue weighted by molar-refractivity contribution is -0.0448. The molecule has 108 valence electrons. The van der Waals surface area contributed by atoms with Gasteiger partial charge in [0.05, 0.1) is 6.17 Å². The molecule has 2 saturated carbocycles. The molecule has 19 heavy (non-hydrogen) atoms. The highest BCUT2D eigenvalue weighted by Crippen LogP contribution is 2.51.